The molecule has 0 aliphatic heterocycles. The lowest BCUT2D eigenvalue weighted by Crippen LogP contribution is -2.37. The van der Waals surface area contributed by atoms with Gasteiger partial charge in [0.1, 0.15) is 0 Å². The summed E-state index contributed by atoms with van der Waals surface area (Å²) < 4.78 is 0. The maximum Gasteiger partial charge on any atom is 0.233 e. The Hall–Kier alpha value is -1.92. The van der Waals surface area contributed by atoms with Crippen LogP contribution < -0.4 is 0 Å². The van der Waals surface area contributed by atoms with Gasteiger partial charge in [0.25, 0.3) is 0 Å². The van der Waals surface area contributed by atoms with Gasteiger partial charge in [-0.15, -0.1) is 0 Å². The molecule has 0 aliphatic carbocycles. The smallest absolute Gasteiger partial charge is 0.233 e. The van der Waals surface area contributed by atoms with E-state index in [1.54, 1.807) is 0 Å². The molecule has 6 heteroatoms. The van der Waals surface area contributed by atoms with Crippen LogP contribution in [0, 0.1) is 13.8 Å². The summed E-state index contributed by atoms with van der Waals surface area (Å²) >= 11 is 1.40. The summed E-state index contributed by atoms with van der Waals surface area (Å²) in [6.07, 6.45) is 0. The number of hydrogen-bond donors (Lipinski definition) is 0. The molecule has 0 radical (unpaired) electrons. The summed E-state index contributed by atoms with van der Waals surface area (Å²) in [6.45, 7) is 6.05. The Morgan fingerprint density at radius 3 is 2.28 bits per heavy atom. The topological polar surface area (TPSA) is 49.3 Å². The quantitative estimate of drug-likeness (QED) is 0.536. The summed E-state index contributed by atoms with van der Waals surface area (Å²) in [5, 5.41) is 0.665. The van der Waals surface area contributed by atoms with Crippen LogP contribution in [-0.2, 0) is 11.3 Å². The molecule has 0 N–H and O–H groups in total. The van der Waals surface area contributed by atoms with Gasteiger partial charge in [0.05, 0.1) is 5.75 Å². The predicted molar refractivity (Wildman–Crippen MR) is 103 cm³/mol. The van der Waals surface area contributed by atoms with Gasteiger partial charge in [0.15, 0.2) is 5.16 Å². The van der Waals surface area contributed by atoms with E-state index in [4.69, 9.17) is 0 Å². The highest BCUT2D eigenvalue weighted by molar-refractivity contribution is 7.99. The van der Waals surface area contributed by atoms with Crippen molar-refractivity contribution < 1.29 is 4.79 Å². The minimum Gasteiger partial charge on any atom is -0.336 e. The fraction of sp³-hybridized carbons (Fsp3) is 0.421. The minimum atomic E-state index is 0.110. The van der Waals surface area contributed by atoms with Crippen LogP contribution in [0.3, 0.4) is 0 Å². The van der Waals surface area contributed by atoms with Crippen molar-refractivity contribution in [3.8, 4) is 0 Å². The summed E-state index contributed by atoms with van der Waals surface area (Å²) in [7, 11) is 4.03. The molecule has 2 aromatic rings. The van der Waals surface area contributed by atoms with E-state index in [1.807, 2.05) is 57.1 Å². The SMILES string of the molecule is Cc1cc(C)nc(SCC(=O)N(CCN(C)C)Cc2ccccc2)n1. The molecule has 1 aromatic heterocycles. The van der Waals surface area contributed by atoms with Crippen LogP contribution in [0.25, 0.3) is 0 Å². The van der Waals surface area contributed by atoms with Crippen LogP contribution in [0.1, 0.15) is 17.0 Å². The van der Waals surface area contributed by atoms with E-state index >= 15 is 0 Å². The number of amides is 1. The molecule has 0 fully saturated rings. The van der Waals surface area contributed by atoms with Crippen LogP contribution in [0.2, 0.25) is 0 Å². The largest absolute Gasteiger partial charge is 0.336 e. The fourth-order valence-corrected chi connectivity index (χ4v) is 3.24. The van der Waals surface area contributed by atoms with Crippen LogP contribution in [0.5, 0.6) is 0 Å². The molecule has 0 bridgehead atoms. The number of benzene rings is 1. The number of hydrogen-bond acceptors (Lipinski definition) is 5. The number of aryl methyl sites for hydroxylation is 2. The fourth-order valence-electron chi connectivity index (χ4n) is 2.39. The van der Waals surface area contributed by atoms with Crippen molar-refractivity contribution in [2.45, 2.75) is 25.5 Å². The maximum atomic E-state index is 12.7. The third-order valence-electron chi connectivity index (χ3n) is 3.67. The van der Waals surface area contributed by atoms with Gasteiger partial charge in [-0.3, -0.25) is 4.79 Å². The Balaban J connectivity index is 2.00. The number of likely N-dealkylation sites (N-methyl/N-ethyl adjacent to an activating group) is 1. The highest BCUT2D eigenvalue weighted by atomic mass is 32.2. The molecule has 25 heavy (non-hydrogen) atoms. The van der Waals surface area contributed by atoms with E-state index in [1.165, 1.54) is 11.8 Å². The number of rotatable bonds is 8. The molecule has 0 unspecified atom stereocenters. The molecule has 134 valence electrons. The van der Waals surface area contributed by atoms with Crippen LogP contribution in [-0.4, -0.2) is 58.6 Å². The lowest BCUT2D eigenvalue weighted by Gasteiger charge is -2.24. The first-order valence-electron chi connectivity index (χ1n) is 8.35. The van der Waals surface area contributed by atoms with Crippen molar-refractivity contribution in [1.29, 1.82) is 0 Å². The number of aromatic nitrogens is 2. The van der Waals surface area contributed by atoms with Gasteiger partial charge in [-0.2, -0.15) is 0 Å². The molecule has 1 amide bonds. The zero-order chi connectivity index (χ0) is 18.2. The molecule has 0 atom stereocenters. The van der Waals surface area contributed by atoms with Crippen molar-refractivity contribution in [3.05, 3.63) is 53.3 Å². The van der Waals surface area contributed by atoms with Gasteiger partial charge in [-0.1, -0.05) is 42.1 Å². The Kier molecular flexibility index (Phi) is 7.40. The van der Waals surface area contributed by atoms with Gasteiger partial charge < -0.3 is 9.80 Å². The normalized spacial score (nSPS) is 10.9. The second-order valence-electron chi connectivity index (χ2n) is 6.33. The van der Waals surface area contributed by atoms with Gasteiger partial charge >= 0.3 is 0 Å². The van der Waals surface area contributed by atoms with Crippen molar-refractivity contribution in [2.24, 2.45) is 0 Å². The van der Waals surface area contributed by atoms with Crippen molar-refractivity contribution in [1.82, 2.24) is 19.8 Å². The summed E-state index contributed by atoms with van der Waals surface area (Å²) in [5.41, 5.74) is 3.00. The van der Waals surface area contributed by atoms with Gasteiger partial charge in [0, 0.05) is 31.0 Å². The lowest BCUT2D eigenvalue weighted by molar-refractivity contribution is -0.129. The molecular weight excluding hydrogens is 332 g/mol. The molecule has 0 spiro atoms. The first kappa shape index (κ1) is 19.4. The average molecular weight is 359 g/mol. The zero-order valence-corrected chi connectivity index (χ0v) is 16.2. The van der Waals surface area contributed by atoms with E-state index in [2.05, 4.69) is 27.0 Å². The Bertz CT molecular complexity index is 671. The van der Waals surface area contributed by atoms with E-state index in [0.29, 0.717) is 24.0 Å². The van der Waals surface area contributed by atoms with Gasteiger partial charge in [-0.05, 0) is 39.6 Å². The van der Waals surface area contributed by atoms with Crippen molar-refractivity contribution in [3.63, 3.8) is 0 Å². The number of nitrogens with zero attached hydrogens (tertiary/aromatic N) is 4. The van der Waals surface area contributed by atoms with E-state index < -0.39 is 0 Å². The summed E-state index contributed by atoms with van der Waals surface area (Å²) in [4.78, 5) is 25.5. The Labute approximate surface area is 154 Å². The molecule has 0 aliphatic rings. The van der Waals surface area contributed by atoms with Crippen molar-refractivity contribution >= 4 is 17.7 Å². The highest BCUT2D eigenvalue weighted by Gasteiger charge is 2.15. The zero-order valence-electron chi connectivity index (χ0n) is 15.4. The average Bonchev–Trinajstić information content (AvgIpc) is 2.56. The van der Waals surface area contributed by atoms with E-state index in [0.717, 1.165) is 23.5 Å². The number of carbonyl (C=O) groups is 1. The molecule has 2 rings (SSSR count). The highest BCUT2D eigenvalue weighted by Crippen LogP contribution is 2.16. The third-order valence-corrected chi connectivity index (χ3v) is 4.50. The molecular formula is C19H26N4OS. The third kappa shape index (κ3) is 6.84. The first-order valence-corrected chi connectivity index (χ1v) is 9.34. The monoisotopic (exact) mass is 358 g/mol. The predicted octanol–water partition coefficient (Wildman–Crippen LogP) is 2.78. The summed E-state index contributed by atoms with van der Waals surface area (Å²) in [5.74, 6) is 0.460. The molecule has 0 saturated carbocycles. The van der Waals surface area contributed by atoms with Gasteiger partial charge in [0.2, 0.25) is 5.91 Å². The Morgan fingerprint density at radius 2 is 1.68 bits per heavy atom. The van der Waals surface area contributed by atoms with Gasteiger partial charge in [-0.25, -0.2) is 9.97 Å². The van der Waals surface area contributed by atoms with Crippen molar-refractivity contribution in [2.75, 3.05) is 32.9 Å². The first-order chi connectivity index (χ1) is 11.9. The number of carbonyl (C=O) groups excluding carboxylic acids is 1. The minimum absolute atomic E-state index is 0.110. The van der Waals surface area contributed by atoms with Crippen LogP contribution >= 0.6 is 11.8 Å². The molecule has 1 aromatic carbocycles. The van der Waals surface area contributed by atoms with E-state index in [-0.39, 0.29) is 5.91 Å². The standard InChI is InChI=1S/C19H26N4OS/c1-15-12-16(2)21-19(20-15)25-14-18(24)23(11-10-22(3)4)13-17-8-6-5-7-9-17/h5-9,12H,10-11,13-14H2,1-4H3. The van der Waals surface area contributed by atoms with Crippen LogP contribution in [0.4, 0.5) is 0 Å². The second kappa shape index (κ2) is 9.53. The molecule has 0 saturated heterocycles. The number of thioether (sulfide) groups is 1. The molecule has 1 heterocycles. The second-order valence-corrected chi connectivity index (χ2v) is 7.27. The maximum absolute atomic E-state index is 12.7. The Morgan fingerprint density at radius 1 is 1.04 bits per heavy atom. The lowest BCUT2D eigenvalue weighted by atomic mass is 10.2. The van der Waals surface area contributed by atoms with Crippen LogP contribution in [0.15, 0.2) is 41.6 Å². The summed E-state index contributed by atoms with van der Waals surface area (Å²) in [6, 6.07) is 12.0. The molecule has 5 nitrogen and oxygen atoms in total. The van der Waals surface area contributed by atoms with E-state index in [9.17, 15) is 4.79 Å².